The molecule has 5 heavy (non-hydrogen) atoms. The Bertz CT molecular complexity index is 6.85. The number of hydrogen-bond donors (Lipinski definition) is 0. The van der Waals surface area contributed by atoms with Gasteiger partial charge in [0.15, 0.2) is 0 Å². The van der Waals surface area contributed by atoms with Crippen molar-refractivity contribution in [2.75, 3.05) is 0 Å². The molecule has 0 aromatic carbocycles. The van der Waals surface area contributed by atoms with Gasteiger partial charge in [-0.2, -0.15) is 0 Å². The Balaban J connectivity index is 0. The van der Waals surface area contributed by atoms with Crippen LogP contribution in [-0.4, -0.2) is 5.48 Å². The zero-order valence-corrected chi connectivity index (χ0v) is 4.84. The van der Waals surface area contributed by atoms with Gasteiger partial charge in [-0.05, 0) is 0 Å². The maximum atomic E-state index is 0. The van der Waals surface area contributed by atoms with E-state index in [4.69, 9.17) is 0 Å². The molecule has 0 unspecified atom stereocenters. The molecule has 3 nitrogen and oxygen atoms in total. The molecule has 0 aromatic rings. The van der Waals surface area contributed by atoms with Crippen LogP contribution in [0.2, 0.25) is 0 Å². The summed E-state index contributed by atoms with van der Waals surface area (Å²) in [6.07, 6.45) is 0. The van der Waals surface area contributed by atoms with Crippen LogP contribution in [0.3, 0.4) is 0 Å². The number of rotatable bonds is 0. The van der Waals surface area contributed by atoms with E-state index in [9.17, 15) is 0 Å². The average Bonchev–Trinajstić information content (AvgIpc) is 0. The van der Waals surface area contributed by atoms with Crippen LogP contribution in [0.25, 0.3) is 0 Å². The molecule has 0 fully saturated rings. The van der Waals surface area contributed by atoms with Crippen LogP contribution in [-0.2, 0) is 49.7 Å². The molecule has 0 aliphatic carbocycles. The normalized spacial score (nSPS) is 0. The van der Waals surface area contributed by atoms with Crippen LogP contribution in [0.4, 0.5) is 0 Å². The average molecular weight is 154 g/mol. The summed E-state index contributed by atoms with van der Waals surface area (Å²) in [7, 11) is 0. The van der Waals surface area contributed by atoms with Gasteiger partial charge in [-0.25, -0.2) is 0 Å². The molecule has 30 valence electrons. The molecule has 2 N–H and O–H groups in total. The molecule has 0 aliphatic heterocycles. The first-order valence-electron chi connectivity index (χ1n) is 0. The van der Waals surface area contributed by atoms with Crippen molar-refractivity contribution < 1.29 is 55.2 Å². The zero-order valence-electron chi connectivity index (χ0n) is 2.17. The summed E-state index contributed by atoms with van der Waals surface area (Å²) < 4.78 is 0. The summed E-state index contributed by atoms with van der Waals surface area (Å²) in [6, 6.07) is 0. The van der Waals surface area contributed by atoms with Crippen molar-refractivity contribution in [2.45, 2.75) is 0 Å². The van der Waals surface area contributed by atoms with E-state index in [1.54, 1.807) is 0 Å². The van der Waals surface area contributed by atoms with Crippen LogP contribution < -0.4 is 0 Å². The molecule has 0 rings (SSSR count). The van der Waals surface area contributed by atoms with Gasteiger partial charge in [-0.15, -0.1) is 0 Å². The van der Waals surface area contributed by atoms with Crippen LogP contribution in [0, 0.1) is 0 Å². The van der Waals surface area contributed by atoms with E-state index in [0.717, 1.165) is 0 Å². The monoisotopic (exact) mass is 154 g/mol. The van der Waals surface area contributed by atoms with Gasteiger partial charge < -0.3 is 16.4 Å². The van der Waals surface area contributed by atoms with E-state index >= 15 is 0 Å². The van der Waals surface area contributed by atoms with Crippen LogP contribution in [0.15, 0.2) is 0 Å². The third-order valence-corrected chi connectivity index (χ3v) is 0. The van der Waals surface area contributed by atoms with E-state index in [2.05, 4.69) is 0 Å². The van der Waals surface area contributed by atoms with Crippen molar-refractivity contribution >= 4 is 0 Å². The van der Waals surface area contributed by atoms with Gasteiger partial charge in [0, 0.05) is 0 Å². The Hall–Kier alpha value is 1.11. The molecule has 0 spiro atoms. The van der Waals surface area contributed by atoms with Gasteiger partial charge in [-0.3, -0.25) is 0 Å². The van der Waals surface area contributed by atoms with Crippen LogP contribution >= 0.6 is 0 Å². The minimum Gasteiger partial charge on any atom is -2.00 e. The van der Waals surface area contributed by atoms with Crippen molar-refractivity contribution in [3.8, 4) is 0 Å². The van der Waals surface area contributed by atoms with Gasteiger partial charge in [0.2, 0.25) is 0 Å². The van der Waals surface area contributed by atoms with Crippen molar-refractivity contribution in [3.63, 3.8) is 0 Å². The van der Waals surface area contributed by atoms with Crippen LogP contribution in [0.5, 0.6) is 0 Å². The molecule has 0 atom stereocenters. The first-order valence-corrected chi connectivity index (χ1v) is 0. The minimum absolute atomic E-state index is 0. The Kier molecular flexibility index (Phi) is 1800. The number of hydrogen-bond acceptors (Lipinski definition) is 0. The molecule has 0 aliphatic rings. The van der Waals surface area contributed by atoms with E-state index in [1.807, 2.05) is 0 Å². The minimum atomic E-state index is 0. The predicted molar refractivity (Wildman–Crippen MR) is 4.99 cm³/mol. The second-order valence-electron chi connectivity index (χ2n) is 0. The maximum Gasteiger partial charge on any atom is 4.00 e. The third-order valence-electron chi connectivity index (χ3n) is 0. The molecule has 0 radical (unpaired) electrons. The maximum absolute atomic E-state index is 0. The van der Waals surface area contributed by atoms with Crippen molar-refractivity contribution in [3.05, 3.63) is 0 Å². The van der Waals surface area contributed by atoms with Crippen molar-refractivity contribution in [2.24, 2.45) is 0 Å². The Morgan fingerprint density at radius 1 is 0.800 bits per heavy atom. The van der Waals surface area contributed by atoms with E-state index in [-0.39, 0.29) is 55.2 Å². The molecular formula is H2FeO3Ti+2. The van der Waals surface area contributed by atoms with Gasteiger partial charge in [0.05, 0.1) is 0 Å². The quantitative estimate of drug-likeness (QED) is 0.397. The second kappa shape index (κ2) is 69.8. The van der Waals surface area contributed by atoms with Gasteiger partial charge >= 0.3 is 38.8 Å². The predicted octanol–water partition coefficient (Wildman–Crippen LogP) is -1.07. The fourth-order valence-corrected chi connectivity index (χ4v) is 0. The summed E-state index contributed by atoms with van der Waals surface area (Å²) in [5, 5.41) is 0. The zero-order chi connectivity index (χ0) is 0. The van der Waals surface area contributed by atoms with Gasteiger partial charge in [-0.1, -0.05) is 0 Å². The fourth-order valence-electron chi connectivity index (χ4n) is 0. The summed E-state index contributed by atoms with van der Waals surface area (Å²) in [5.74, 6) is 0. The molecule has 0 saturated heterocycles. The summed E-state index contributed by atoms with van der Waals surface area (Å²) in [6.45, 7) is 0. The second-order valence-corrected chi connectivity index (χ2v) is 0. The molecule has 0 saturated carbocycles. The molecule has 0 bridgehead atoms. The SMILES string of the molecule is O.[Fe+2].[O-2].[O-2].[Ti+4]. The summed E-state index contributed by atoms with van der Waals surface area (Å²) in [4.78, 5) is 0. The standard InChI is InChI=1S/Fe.H2O.2O.Ti/h;1H2;;;/q+2;;2*-2;+4. The molecule has 0 aromatic heterocycles. The largest absolute Gasteiger partial charge is 4.00 e. The third kappa shape index (κ3) is 40.0. The first kappa shape index (κ1) is 129. The van der Waals surface area contributed by atoms with Crippen molar-refractivity contribution in [1.29, 1.82) is 0 Å². The van der Waals surface area contributed by atoms with Crippen molar-refractivity contribution in [1.82, 2.24) is 0 Å². The smallest absolute Gasteiger partial charge is 2.00 e. The molecular weight excluding hydrogens is 152 g/mol. The molecule has 0 amide bonds. The van der Waals surface area contributed by atoms with E-state index in [1.165, 1.54) is 0 Å². The summed E-state index contributed by atoms with van der Waals surface area (Å²) >= 11 is 0. The Morgan fingerprint density at radius 2 is 0.800 bits per heavy atom. The fraction of sp³-hybridized carbons (Fsp3) is 0. The molecule has 5 heteroatoms. The van der Waals surface area contributed by atoms with Crippen LogP contribution in [0.1, 0.15) is 0 Å². The van der Waals surface area contributed by atoms with Gasteiger partial charge in [0.25, 0.3) is 0 Å². The van der Waals surface area contributed by atoms with E-state index < -0.39 is 0 Å². The van der Waals surface area contributed by atoms with Gasteiger partial charge in [0.1, 0.15) is 0 Å². The summed E-state index contributed by atoms with van der Waals surface area (Å²) in [5.41, 5.74) is 0. The topological polar surface area (TPSA) is 88.5 Å². The Labute approximate surface area is 55.4 Å². The first-order chi connectivity index (χ1) is 0. The molecule has 0 heterocycles. The van der Waals surface area contributed by atoms with E-state index in [0.29, 0.717) is 0 Å². The Morgan fingerprint density at radius 3 is 0.800 bits per heavy atom.